The van der Waals surface area contributed by atoms with E-state index in [0.29, 0.717) is 23.7 Å². The number of aliphatic carboxylic acids is 1. The Labute approximate surface area is 228 Å². The van der Waals surface area contributed by atoms with E-state index in [1.807, 2.05) is 17.2 Å². The molecule has 4 atom stereocenters. The van der Waals surface area contributed by atoms with E-state index in [1.54, 1.807) is 6.92 Å². The number of likely N-dealkylation sites (tertiary alicyclic amines) is 1. The smallest absolute Gasteiger partial charge is 0.543 e. The van der Waals surface area contributed by atoms with Crippen LogP contribution >= 0.6 is 23.1 Å². The van der Waals surface area contributed by atoms with Crippen molar-refractivity contribution in [2.24, 2.45) is 11.8 Å². The minimum absolute atomic E-state index is 0. The molecule has 4 aliphatic rings. The second kappa shape index (κ2) is 10.1. The maximum atomic E-state index is 12.7. The topological polar surface area (TPSA) is 117 Å². The summed E-state index contributed by atoms with van der Waals surface area (Å²) in [6.45, 7) is 6.43. The quantitative estimate of drug-likeness (QED) is 0.328. The molecule has 3 fully saturated rings. The van der Waals surface area contributed by atoms with Gasteiger partial charge in [-0.15, -0.1) is 23.1 Å². The van der Waals surface area contributed by atoms with Crippen molar-refractivity contribution in [2.75, 3.05) is 31.1 Å². The summed E-state index contributed by atoms with van der Waals surface area (Å²) in [6.07, 6.45) is 2.43. The average Bonchev–Trinajstić information content (AvgIpc) is 3.32. The van der Waals surface area contributed by atoms with Crippen LogP contribution < -0.4 is 39.6 Å². The summed E-state index contributed by atoms with van der Waals surface area (Å²) < 4.78 is 0. The second-order valence-corrected chi connectivity index (χ2v) is 11.4. The van der Waals surface area contributed by atoms with Crippen LogP contribution in [-0.4, -0.2) is 81.2 Å². The van der Waals surface area contributed by atoms with Crippen molar-refractivity contribution in [1.29, 1.82) is 0 Å². The molecule has 1 N–H and O–H groups in total. The molecule has 9 nitrogen and oxygen atoms in total. The zero-order chi connectivity index (χ0) is 23.4. The van der Waals surface area contributed by atoms with Gasteiger partial charge >= 0.3 is 29.6 Å². The van der Waals surface area contributed by atoms with E-state index in [-0.39, 0.29) is 64.3 Å². The molecule has 1 aromatic heterocycles. The Morgan fingerprint density at radius 2 is 1.94 bits per heavy atom. The molecule has 4 aliphatic heterocycles. The summed E-state index contributed by atoms with van der Waals surface area (Å²) >= 11 is 2.93. The van der Waals surface area contributed by atoms with Gasteiger partial charge in [-0.1, -0.05) is 6.92 Å². The molecule has 12 heteroatoms. The minimum atomic E-state index is -1.35. The van der Waals surface area contributed by atoms with Crippen LogP contribution in [0.3, 0.4) is 0 Å². The van der Waals surface area contributed by atoms with Crippen LogP contribution in [0.25, 0.3) is 0 Å². The normalized spacial score (nSPS) is 27.7. The van der Waals surface area contributed by atoms with E-state index in [1.165, 1.54) is 34.4 Å². The predicted octanol–water partition coefficient (Wildman–Crippen LogP) is -2.49. The third-order valence-electron chi connectivity index (χ3n) is 7.07. The average molecular weight is 515 g/mol. The van der Waals surface area contributed by atoms with E-state index in [0.717, 1.165) is 31.1 Å². The zero-order valence-corrected chi connectivity index (χ0v) is 23.2. The third-order valence-corrected chi connectivity index (χ3v) is 9.42. The maximum Gasteiger partial charge on any atom is 1.00 e. The van der Waals surface area contributed by atoms with Crippen LogP contribution in [0.1, 0.15) is 43.6 Å². The number of rotatable bonds is 6. The van der Waals surface area contributed by atoms with Gasteiger partial charge < -0.3 is 29.7 Å². The first kappa shape index (κ1) is 26.0. The van der Waals surface area contributed by atoms with E-state index < -0.39 is 18.0 Å². The first-order valence-corrected chi connectivity index (χ1v) is 13.2. The number of fused-ring (bicyclic) bond motifs is 1. The van der Waals surface area contributed by atoms with Gasteiger partial charge in [0, 0.05) is 47.6 Å². The Morgan fingerprint density at radius 3 is 2.56 bits per heavy atom. The van der Waals surface area contributed by atoms with Crippen LogP contribution in [0.4, 0.5) is 5.13 Å². The number of nitrogens with zero attached hydrogens (tertiary/aromatic N) is 4. The van der Waals surface area contributed by atoms with Crippen molar-refractivity contribution in [3.63, 3.8) is 0 Å². The van der Waals surface area contributed by atoms with Gasteiger partial charge in [-0.2, -0.15) is 0 Å². The second-order valence-electron chi connectivity index (χ2n) is 9.27. The molecule has 0 saturated carbocycles. The number of carbonyl (C=O) groups is 3. The number of piperidine rings is 1. The van der Waals surface area contributed by atoms with E-state index >= 15 is 0 Å². The molecule has 34 heavy (non-hydrogen) atoms. The van der Waals surface area contributed by atoms with Crippen LogP contribution in [0, 0.1) is 11.8 Å². The number of anilines is 1. The number of amides is 2. The number of carboxylic acids is 1. The van der Waals surface area contributed by atoms with Crippen molar-refractivity contribution in [1.82, 2.24) is 14.8 Å². The minimum Gasteiger partial charge on any atom is -0.543 e. The molecule has 2 unspecified atom stereocenters. The van der Waals surface area contributed by atoms with Crippen LogP contribution in [0.15, 0.2) is 16.0 Å². The molecule has 178 valence electrons. The van der Waals surface area contributed by atoms with Gasteiger partial charge in [-0.25, -0.2) is 4.98 Å². The number of hydrogen-bond acceptors (Lipinski definition) is 9. The van der Waals surface area contributed by atoms with Gasteiger partial charge in [0.25, 0.3) is 5.91 Å². The van der Waals surface area contributed by atoms with Crippen molar-refractivity contribution in [3.8, 4) is 0 Å². The van der Waals surface area contributed by atoms with Gasteiger partial charge in [-0.05, 0) is 26.2 Å². The standard InChI is InChI=1S/C22H28N4O5S2.Na/c1-11-16-15(12(2)27)20(29)26(16)17(21(30)31)18(11)33-13-8-25(9-13)22-23-14(10-32-22)19(28)24-6-4-3-5-7-24;/h10-13,15-16,27H,3-9H2,1-2H3,(H,30,31);/q;+1/p-1/t11-,12-,15?,16?;/m1./s1. The summed E-state index contributed by atoms with van der Waals surface area (Å²) in [5.41, 5.74) is 0.452. The number of aromatic nitrogens is 1. The van der Waals surface area contributed by atoms with Gasteiger partial charge in [0.2, 0.25) is 5.91 Å². The fraction of sp³-hybridized carbons (Fsp3) is 0.636. The third kappa shape index (κ3) is 4.32. The zero-order valence-electron chi connectivity index (χ0n) is 19.6. The fourth-order valence-electron chi connectivity index (χ4n) is 5.28. The Balaban J connectivity index is 0.00000274. The number of thioether (sulfide) groups is 1. The molecule has 3 saturated heterocycles. The molecule has 0 bridgehead atoms. The molecule has 5 heterocycles. The Bertz CT molecular complexity index is 1020. The first-order valence-electron chi connectivity index (χ1n) is 11.4. The van der Waals surface area contributed by atoms with Crippen molar-refractivity contribution < 1.29 is 54.2 Å². The molecule has 0 aromatic carbocycles. The Hall–Kier alpha value is -1.11. The number of carboxylic acid groups (broad SMARTS) is 1. The number of aliphatic hydroxyl groups excluding tert-OH is 1. The number of hydrogen-bond donors (Lipinski definition) is 1. The summed E-state index contributed by atoms with van der Waals surface area (Å²) in [4.78, 5) is 47.4. The van der Waals surface area contributed by atoms with Crippen molar-refractivity contribution in [3.05, 3.63) is 21.7 Å². The first-order chi connectivity index (χ1) is 15.8. The number of carbonyl (C=O) groups excluding carboxylic acids is 3. The molecule has 1 aromatic rings. The molecule has 5 rings (SSSR count). The van der Waals surface area contributed by atoms with E-state index in [9.17, 15) is 24.6 Å². The van der Waals surface area contributed by atoms with Crippen LogP contribution in [0.2, 0.25) is 0 Å². The summed E-state index contributed by atoms with van der Waals surface area (Å²) in [5.74, 6) is -2.43. The SMILES string of the molecule is C[C@@H](O)C1C(=O)N2C(C(=O)[O-])=C(SC3CN(c4nc(C(=O)N5CCCCC5)cs4)C3)[C@H](C)C12.[Na+]. The molecule has 2 amide bonds. The molecule has 0 aliphatic carbocycles. The van der Waals surface area contributed by atoms with E-state index in [2.05, 4.69) is 9.88 Å². The Kier molecular flexibility index (Phi) is 7.71. The summed E-state index contributed by atoms with van der Waals surface area (Å²) in [5, 5.41) is 24.6. The molecular formula is C22H27N4NaO5S2. The van der Waals surface area contributed by atoms with Crippen molar-refractivity contribution >= 4 is 46.0 Å². The summed E-state index contributed by atoms with van der Waals surface area (Å²) in [7, 11) is 0. The number of aliphatic hydroxyl groups is 1. The molecule has 0 spiro atoms. The van der Waals surface area contributed by atoms with Gasteiger partial charge in [0.15, 0.2) is 5.13 Å². The fourth-order valence-corrected chi connectivity index (χ4v) is 7.62. The monoisotopic (exact) mass is 514 g/mol. The maximum absolute atomic E-state index is 12.7. The van der Waals surface area contributed by atoms with Gasteiger partial charge in [0.1, 0.15) is 5.69 Å². The Morgan fingerprint density at radius 1 is 1.26 bits per heavy atom. The number of thiazole rings is 1. The summed E-state index contributed by atoms with van der Waals surface area (Å²) in [6, 6.07) is -0.327. The van der Waals surface area contributed by atoms with Crippen molar-refractivity contribution in [2.45, 2.75) is 50.5 Å². The van der Waals surface area contributed by atoms with Crippen LogP contribution in [0.5, 0.6) is 0 Å². The number of β-lactam (4-membered cyclic amide) rings is 1. The van der Waals surface area contributed by atoms with E-state index in [4.69, 9.17) is 0 Å². The predicted molar refractivity (Wildman–Crippen MR) is 122 cm³/mol. The molecular weight excluding hydrogens is 487 g/mol. The largest absolute Gasteiger partial charge is 1.00 e. The van der Waals surface area contributed by atoms with Crippen LogP contribution in [-0.2, 0) is 9.59 Å². The van der Waals surface area contributed by atoms with Gasteiger partial charge in [-0.3, -0.25) is 9.59 Å². The van der Waals surface area contributed by atoms with Gasteiger partial charge in [0.05, 0.1) is 29.7 Å². The molecule has 0 radical (unpaired) electrons.